The lowest BCUT2D eigenvalue weighted by Crippen LogP contribution is -2.25. The van der Waals surface area contributed by atoms with Crippen molar-refractivity contribution in [1.29, 1.82) is 0 Å². The van der Waals surface area contributed by atoms with E-state index in [1.165, 1.54) is 0 Å². The molecule has 0 saturated carbocycles. The van der Waals surface area contributed by atoms with Gasteiger partial charge >= 0.3 is 5.97 Å². The molecule has 0 saturated heterocycles. The van der Waals surface area contributed by atoms with E-state index in [0.29, 0.717) is 29.9 Å². The predicted molar refractivity (Wildman–Crippen MR) is 69.9 cm³/mol. The van der Waals surface area contributed by atoms with Gasteiger partial charge in [-0.2, -0.15) is 10.2 Å². The van der Waals surface area contributed by atoms with Crippen molar-refractivity contribution in [3.05, 3.63) is 23.0 Å². The largest absolute Gasteiger partial charge is 0.481 e. The average Bonchev–Trinajstić information content (AvgIpc) is 2.36. The van der Waals surface area contributed by atoms with Crippen LogP contribution in [0.1, 0.15) is 47.4 Å². The quantitative estimate of drug-likeness (QED) is 0.728. The highest BCUT2D eigenvalue weighted by molar-refractivity contribution is 5.95. The zero-order valence-electron chi connectivity index (χ0n) is 11.3. The molecule has 0 aliphatic carbocycles. The predicted octanol–water partition coefficient (Wildman–Crippen LogP) is 1.47. The molecule has 0 aliphatic rings. The zero-order valence-corrected chi connectivity index (χ0v) is 11.3. The minimum absolute atomic E-state index is 0.159. The molecule has 1 amide bonds. The Morgan fingerprint density at radius 3 is 2.63 bits per heavy atom. The number of rotatable bonds is 7. The van der Waals surface area contributed by atoms with Crippen molar-refractivity contribution in [2.75, 3.05) is 6.54 Å². The molecule has 1 rings (SSSR count). The van der Waals surface area contributed by atoms with Crippen LogP contribution in [0.3, 0.4) is 0 Å². The molecular formula is C13H19N3O3. The minimum Gasteiger partial charge on any atom is -0.481 e. The lowest BCUT2D eigenvalue weighted by Gasteiger charge is -2.07. The fourth-order valence-electron chi connectivity index (χ4n) is 1.65. The number of carbonyl (C=O) groups is 2. The van der Waals surface area contributed by atoms with E-state index in [2.05, 4.69) is 15.5 Å². The normalized spacial score (nSPS) is 10.2. The summed E-state index contributed by atoms with van der Waals surface area (Å²) in [6.07, 6.45) is 2.38. The highest BCUT2D eigenvalue weighted by Gasteiger charge is 2.10. The Hall–Kier alpha value is -1.98. The Labute approximate surface area is 112 Å². The molecule has 2 N–H and O–H groups in total. The topological polar surface area (TPSA) is 92.2 Å². The van der Waals surface area contributed by atoms with Crippen LogP contribution in [-0.2, 0) is 4.79 Å². The van der Waals surface area contributed by atoms with Gasteiger partial charge in [0, 0.05) is 13.0 Å². The van der Waals surface area contributed by atoms with Crippen molar-refractivity contribution in [2.45, 2.75) is 39.5 Å². The van der Waals surface area contributed by atoms with Crippen molar-refractivity contribution in [3.63, 3.8) is 0 Å². The van der Waals surface area contributed by atoms with Gasteiger partial charge in [0.05, 0.1) is 17.0 Å². The number of amides is 1. The molecule has 0 unspecified atom stereocenters. The maximum absolute atomic E-state index is 11.9. The number of hydrogen-bond acceptors (Lipinski definition) is 4. The fraction of sp³-hybridized carbons (Fsp3) is 0.538. The average molecular weight is 265 g/mol. The molecule has 1 heterocycles. The van der Waals surface area contributed by atoms with Gasteiger partial charge in [0.2, 0.25) is 0 Å². The van der Waals surface area contributed by atoms with E-state index in [0.717, 1.165) is 12.8 Å². The van der Waals surface area contributed by atoms with Gasteiger partial charge in [0.15, 0.2) is 0 Å². The molecular weight excluding hydrogens is 246 g/mol. The summed E-state index contributed by atoms with van der Waals surface area (Å²) in [6, 6.07) is 1.71. The minimum atomic E-state index is -0.780. The number of nitrogens with one attached hydrogen (secondary N) is 1. The van der Waals surface area contributed by atoms with Gasteiger partial charge < -0.3 is 10.4 Å². The standard InChI is InChI=1S/C13H19N3O3/c1-9-8-11(10(2)16-15-9)13(19)14-7-5-3-4-6-12(17)18/h8H,3-7H2,1-2H3,(H,14,19)(H,17,18). The second-order valence-electron chi connectivity index (χ2n) is 4.45. The number of aryl methyl sites for hydroxylation is 2. The number of aliphatic carboxylic acids is 1. The third kappa shape index (κ3) is 5.46. The molecule has 0 radical (unpaired) electrons. The first-order chi connectivity index (χ1) is 9.00. The molecule has 0 atom stereocenters. The Morgan fingerprint density at radius 1 is 1.21 bits per heavy atom. The summed E-state index contributed by atoms with van der Waals surface area (Å²) in [5, 5.41) is 19.1. The Kier molecular flexibility index (Phi) is 5.92. The van der Waals surface area contributed by atoms with Gasteiger partial charge in [0.25, 0.3) is 5.91 Å². The van der Waals surface area contributed by atoms with Crippen LogP contribution in [0.2, 0.25) is 0 Å². The lowest BCUT2D eigenvalue weighted by molar-refractivity contribution is -0.137. The van der Waals surface area contributed by atoms with Crippen LogP contribution >= 0.6 is 0 Å². The summed E-state index contributed by atoms with van der Waals surface area (Å²) in [5.41, 5.74) is 1.85. The highest BCUT2D eigenvalue weighted by atomic mass is 16.4. The second kappa shape index (κ2) is 7.45. The van der Waals surface area contributed by atoms with Crippen molar-refractivity contribution in [3.8, 4) is 0 Å². The van der Waals surface area contributed by atoms with Crippen LogP contribution < -0.4 is 5.32 Å². The number of hydrogen-bond donors (Lipinski definition) is 2. The number of nitrogens with zero attached hydrogens (tertiary/aromatic N) is 2. The Balaban J connectivity index is 2.31. The monoisotopic (exact) mass is 265 g/mol. The SMILES string of the molecule is Cc1cc(C(=O)NCCCCCC(=O)O)c(C)nn1. The lowest BCUT2D eigenvalue weighted by atomic mass is 10.1. The van der Waals surface area contributed by atoms with Crippen LogP contribution in [0.15, 0.2) is 6.07 Å². The third-order valence-corrected chi connectivity index (χ3v) is 2.70. The van der Waals surface area contributed by atoms with E-state index >= 15 is 0 Å². The number of carbonyl (C=O) groups excluding carboxylic acids is 1. The van der Waals surface area contributed by atoms with Crippen molar-refractivity contribution >= 4 is 11.9 Å². The summed E-state index contributed by atoms with van der Waals surface area (Å²) < 4.78 is 0. The second-order valence-corrected chi connectivity index (χ2v) is 4.45. The smallest absolute Gasteiger partial charge is 0.303 e. The number of carboxylic acid groups (broad SMARTS) is 1. The van der Waals surface area contributed by atoms with E-state index in [4.69, 9.17) is 5.11 Å². The first-order valence-corrected chi connectivity index (χ1v) is 6.31. The third-order valence-electron chi connectivity index (χ3n) is 2.70. The van der Waals surface area contributed by atoms with E-state index in [-0.39, 0.29) is 12.3 Å². The molecule has 0 spiro atoms. The van der Waals surface area contributed by atoms with Crippen LogP contribution in [0, 0.1) is 13.8 Å². The Morgan fingerprint density at radius 2 is 1.95 bits per heavy atom. The van der Waals surface area contributed by atoms with Gasteiger partial charge in [-0.25, -0.2) is 0 Å². The maximum atomic E-state index is 11.9. The first-order valence-electron chi connectivity index (χ1n) is 6.31. The molecule has 0 fully saturated rings. The summed E-state index contributed by atoms with van der Waals surface area (Å²) in [7, 11) is 0. The summed E-state index contributed by atoms with van der Waals surface area (Å²) in [4.78, 5) is 22.2. The molecule has 6 nitrogen and oxygen atoms in total. The van der Waals surface area contributed by atoms with Crippen LogP contribution in [-0.4, -0.2) is 33.7 Å². The first kappa shape index (κ1) is 15.1. The van der Waals surface area contributed by atoms with E-state index in [9.17, 15) is 9.59 Å². The number of unbranched alkanes of at least 4 members (excludes halogenated alkanes) is 2. The van der Waals surface area contributed by atoms with Gasteiger partial charge in [-0.05, 0) is 32.8 Å². The fourth-order valence-corrected chi connectivity index (χ4v) is 1.65. The van der Waals surface area contributed by atoms with Crippen molar-refractivity contribution in [1.82, 2.24) is 15.5 Å². The van der Waals surface area contributed by atoms with Crippen molar-refractivity contribution < 1.29 is 14.7 Å². The Bertz CT molecular complexity index is 460. The van der Waals surface area contributed by atoms with Gasteiger partial charge in [0.1, 0.15) is 0 Å². The summed E-state index contributed by atoms with van der Waals surface area (Å²) in [6.45, 7) is 4.07. The van der Waals surface area contributed by atoms with Crippen LogP contribution in [0.5, 0.6) is 0 Å². The van der Waals surface area contributed by atoms with E-state index in [1.54, 1.807) is 19.9 Å². The molecule has 19 heavy (non-hydrogen) atoms. The summed E-state index contributed by atoms with van der Waals surface area (Å²) in [5.74, 6) is -0.938. The van der Waals surface area contributed by atoms with Crippen LogP contribution in [0.4, 0.5) is 0 Å². The molecule has 1 aromatic rings. The number of carboxylic acids is 1. The molecule has 0 aromatic carbocycles. The van der Waals surface area contributed by atoms with Gasteiger partial charge in [-0.1, -0.05) is 6.42 Å². The highest BCUT2D eigenvalue weighted by Crippen LogP contribution is 2.05. The van der Waals surface area contributed by atoms with Crippen LogP contribution in [0.25, 0.3) is 0 Å². The molecule has 0 aliphatic heterocycles. The van der Waals surface area contributed by atoms with E-state index in [1.807, 2.05) is 0 Å². The summed E-state index contributed by atoms with van der Waals surface area (Å²) >= 11 is 0. The zero-order chi connectivity index (χ0) is 14.3. The molecule has 104 valence electrons. The molecule has 0 bridgehead atoms. The van der Waals surface area contributed by atoms with Gasteiger partial charge in [-0.15, -0.1) is 0 Å². The molecule has 1 aromatic heterocycles. The number of aromatic nitrogens is 2. The molecule has 6 heteroatoms. The van der Waals surface area contributed by atoms with Gasteiger partial charge in [-0.3, -0.25) is 9.59 Å². The maximum Gasteiger partial charge on any atom is 0.303 e. The van der Waals surface area contributed by atoms with Crippen molar-refractivity contribution in [2.24, 2.45) is 0 Å². The van der Waals surface area contributed by atoms with E-state index < -0.39 is 5.97 Å².